The molecule has 96 valence electrons. The summed E-state index contributed by atoms with van der Waals surface area (Å²) >= 11 is 2.25. The average Bonchev–Trinajstić information content (AvgIpc) is 3.01. The number of aromatic nitrogens is 6. The van der Waals surface area contributed by atoms with Gasteiger partial charge in [-0.05, 0) is 58.8 Å². The summed E-state index contributed by atoms with van der Waals surface area (Å²) in [6, 6.07) is 6.30. The van der Waals surface area contributed by atoms with Gasteiger partial charge in [0.25, 0.3) is 0 Å². The smallest absolute Gasteiger partial charge is 0.208 e. The number of tetrazole rings is 1. The van der Waals surface area contributed by atoms with Gasteiger partial charge < -0.3 is 0 Å². The van der Waals surface area contributed by atoms with Gasteiger partial charge in [-0.25, -0.2) is 4.68 Å². The monoisotopic (exact) mass is 366 g/mol. The number of aryl methyl sites for hydroxylation is 2. The van der Waals surface area contributed by atoms with Crippen LogP contribution in [0.5, 0.6) is 0 Å². The number of hydrogen-bond acceptors (Lipinski definition) is 4. The van der Waals surface area contributed by atoms with Crippen molar-refractivity contribution in [1.82, 2.24) is 30.4 Å². The zero-order chi connectivity index (χ0) is 13.4. The lowest BCUT2D eigenvalue weighted by molar-refractivity contribution is 0.850. The number of H-pyrrole nitrogens is 1. The predicted octanol–water partition coefficient (Wildman–Crippen LogP) is 2.27. The Morgan fingerprint density at radius 3 is 2.84 bits per heavy atom. The van der Waals surface area contributed by atoms with E-state index in [0.717, 1.165) is 15.0 Å². The molecule has 0 bridgehead atoms. The molecule has 0 saturated heterocycles. The summed E-state index contributed by atoms with van der Waals surface area (Å²) < 4.78 is 2.86. The lowest BCUT2D eigenvalue weighted by Crippen LogP contribution is -2.02. The highest BCUT2D eigenvalue weighted by atomic mass is 127. The third-order valence-electron chi connectivity index (χ3n) is 2.89. The van der Waals surface area contributed by atoms with Crippen LogP contribution in [-0.2, 0) is 0 Å². The quantitative estimate of drug-likeness (QED) is 0.707. The van der Waals surface area contributed by atoms with Gasteiger partial charge in [0.2, 0.25) is 5.82 Å². The molecule has 6 nitrogen and oxygen atoms in total. The van der Waals surface area contributed by atoms with Crippen molar-refractivity contribution in [2.75, 3.05) is 0 Å². The van der Waals surface area contributed by atoms with Crippen LogP contribution in [0.15, 0.2) is 24.4 Å². The standard InChI is InChI=1S/C12H11IN6/c1-7-3-4-8(2)10(5-7)19-11(13)9(6-14-19)12-15-17-18-16-12/h3-6H,1-2H3,(H,15,16,17,18). The lowest BCUT2D eigenvalue weighted by atomic mass is 10.1. The molecule has 0 unspecified atom stereocenters. The van der Waals surface area contributed by atoms with Crippen LogP contribution in [0, 0.1) is 17.5 Å². The van der Waals surface area contributed by atoms with E-state index in [1.54, 1.807) is 6.20 Å². The van der Waals surface area contributed by atoms with Crippen molar-refractivity contribution in [3.05, 3.63) is 39.2 Å². The molecule has 0 aliphatic heterocycles. The number of hydrogen-bond donors (Lipinski definition) is 1. The molecule has 0 fully saturated rings. The zero-order valence-corrected chi connectivity index (χ0v) is 12.6. The largest absolute Gasteiger partial charge is 0.227 e. The highest BCUT2D eigenvalue weighted by Gasteiger charge is 2.15. The van der Waals surface area contributed by atoms with Crippen LogP contribution in [0.4, 0.5) is 0 Å². The molecule has 0 saturated carbocycles. The van der Waals surface area contributed by atoms with Crippen LogP contribution < -0.4 is 0 Å². The van der Waals surface area contributed by atoms with Crippen molar-refractivity contribution >= 4 is 22.6 Å². The van der Waals surface area contributed by atoms with E-state index < -0.39 is 0 Å². The van der Waals surface area contributed by atoms with Crippen LogP contribution in [0.25, 0.3) is 17.1 Å². The number of halogens is 1. The summed E-state index contributed by atoms with van der Waals surface area (Å²) in [5.41, 5.74) is 4.31. The van der Waals surface area contributed by atoms with Crippen LogP contribution in [0.3, 0.4) is 0 Å². The molecule has 3 rings (SSSR count). The fraction of sp³-hybridized carbons (Fsp3) is 0.167. The molecule has 0 amide bonds. The molecule has 0 aliphatic carbocycles. The van der Waals surface area contributed by atoms with Gasteiger partial charge in [-0.1, -0.05) is 12.1 Å². The number of rotatable bonds is 2. The number of nitrogens with zero attached hydrogens (tertiary/aromatic N) is 5. The zero-order valence-electron chi connectivity index (χ0n) is 10.4. The van der Waals surface area contributed by atoms with Gasteiger partial charge in [0, 0.05) is 0 Å². The summed E-state index contributed by atoms with van der Waals surface area (Å²) in [7, 11) is 0. The third-order valence-corrected chi connectivity index (χ3v) is 3.93. The maximum absolute atomic E-state index is 4.43. The van der Waals surface area contributed by atoms with E-state index in [9.17, 15) is 0 Å². The number of nitrogens with one attached hydrogen (secondary N) is 1. The van der Waals surface area contributed by atoms with Gasteiger partial charge in [0.05, 0.1) is 17.4 Å². The minimum atomic E-state index is 0.556. The van der Waals surface area contributed by atoms with Crippen molar-refractivity contribution in [1.29, 1.82) is 0 Å². The minimum absolute atomic E-state index is 0.556. The second-order valence-corrected chi connectivity index (χ2v) is 5.31. The molecule has 0 radical (unpaired) electrons. The summed E-state index contributed by atoms with van der Waals surface area (Å²) in [4.78, 5) is 0. The van der Waals surface area contributed by atoms with Gasteiger partial charge in [0.15, 0.2) is 0 Å². The maximum Gasteiger partial charge on any atom is 0.208 e. The second kappa shape index (κ2) is 4.72. The minimum Gasteiger partial charge on any atom is -0.227 e. The molecule has 7 heteroatoms. The Labute approximate surface area is 123 Å². The summed E-state index contributed by atoms with van der Waals surface area (Å²) in [6.07, 6.45) is 1.76. The summed E-state index contributed by atoms with van der Waals surface area (Å²) in [5.74, 6) is 0.556. The normalized spacial score (nSPS) is 10.9. The summed E-state index contributed by atoms with van der Waals surface area (Å²) in [6.45, 7) is 4.14. The molecule has 0 atom stereocenters. The topological polar surface area (TPSA) is 72.3 Å². The van der Waals surface area contributed by atoms with Crippen molar-refractivity contribution in [3.63, 3.8) is 0 Å². The average molecular weight is 366 g/mol. The molecular formula is C12H11IN6. The van der Waals surface area contributed by atoms with Gasteiger partial charge in [0.1, 0.15) is 3.70 Å². The van der Waals surface area contributed by atoms with Crippen LogP contribution in [-0.4, -0.2) is 30.4 Å². The Hall–Kier alpha value is -1.77. The van der Waals surface area contributed by atoms with E-state index in [1.165, 1.54) is 11.1 Å². The highest BCUT2D eigenvalue weighted by molar-refractivity contribution is 14.1. The predicted molar refractivity (Wildman–Crippen MR) is 78.9 cm³/mol. The lowest BCUT2D eigenvalue weighted by Gasteiger charge is -2.08. The van der Waals surface area contributed by atoms with Crippen molar-refractivity contribution in [2.45, 2.75) is 13.8 Å². The van der Waals surface area contributed by atoms with E-state index in [2.05, 4.69) is 80.4 Å². The molecule has 19 heavy (non-hydrogen) atoms. The molecule has 2 heterocycles. The highest BCUT2D eigenvalue weighted by Crippen LogP contribution is 2.25. The summed E-state index contributed by atoms with van der Waals surface area (Å²) in [5, 5.41) is 18.4. The van der Waals surface area contributed by atoms with Crippen molar-refractivity contribution < 1.29 is 0 Å². The third kappa shape index (κ3) is 2.14. The van der Waals surface area contributed by atoms with E-state index in [1.807, 2.05) is 4.68 Å². The van der Waals surface area contributed by atoms with Crippen molar-refractivity contribution in [2.24, 2.45) is 0 Å². The van der Waals surface area contributed by atoms with E-state index in [4.69, 9.17) is 0 Å². The molecule has 1 N–H and O–H groups in total. The van der Waals surface area contributed by atoms with E-state index >= 15 is 0 Å². The SMILES string of the molecule is Cc1ccc(C)c(-n2ncc(-c3nn[nH]n3)c2I)c1. The van der Waals surface area contributed by atoms with Gasteiger partial charge >= 0.3 is 0 Å². The van der Waals surface area contributed by atoms with Crippen LogP contribution in [0.1, 0.15) is 11.1 Å². The first-order chi connectivity index (χ1) is 9.16. The molecule has 3 aromatic rings. The first kappa shape index (κ1) is 12.3. The van der Waals surface area contributed by atoms with Crippen molar-refractivity contribution in [3.8, 4) is 17.1 Å². The fourth-order valence-corrected chi connectivity index (χ4v) is 2.64. The van der Waals surface area contributed by atoms with Crippen LogP contribution in [0.2, 0.25) is 0 Å². The molecule has 0 spiro atoms. The Morgan fingerprint density at radius 2 is 2.11 bits per heavy atom. The molecule has 1 aromatic carbocycles. The molecule has 2 aromatic heterocycles. The first-order valence-corrected chi connectivity index (χ1v) is 6.79. The fourth-order valence-electron chi connectivity index (χ4n) is 1.87. The van der Waals surface area contributed by atoms with Gasteiger partial charge in [-0.2, -0.15) is 10.3 Å². The molecular weight excluding hydrogens is 355 g/mol. The van der Waals surface area contributed by atoms with Gasteiger partial charge in [-0.15, -0.1) is 10.2 Å². The Bertz CT molecular complexity index is 716. The van der Waals surface area contributed by atoms with E-state index in [-0.39, 0.29) is 0 Å². The Kier molecular flexibility index (Phi) is 3.05. The number of aromatic amines is 1. The first-order valence-electron chi connectivity index (χ1n) is 5.72. The van der Waals surface area contributed by atoms with E-state index in [0.29, 0.717) is 5.82 Å². The second-order valence-electron chi connectivity index (χ2n) is 4.29. The van der Waals surface area contributed by atoms with Gasteiger partial charge in [-0.3, -0.25) is 0 Å². The maximum atomic E-state index is 4.43. The Morgan fingerprint density at radius 1 is 1.26 bits per heavy atom. The van der Waals surface area contributed by atoms with Crippen LogP contribution >= 0.6 is 22.6 Å². The Balaban J connectivity index is 2.15. The number of benzene rings is 1. The molecule has 0 aliphatic rings.